The maximum atomic E-state index is 13.4. The van der Waals surface area contributed by atoms with Gasteiger partial charge in [0.2, 0.25) is 23.2 Å². The molecule has 6 atom stereocenters. The standard InChI is InChI=1S/C30H26O15/c31-12-3-1-10(2-4-12)13-7-19(35)42-9-18-23(37)25(39)27(41)30(44-18)43-17-6-11(5-16(34)22(17)36)28-26(40)24(38)21-15(33)8-14(32)20(13)29(21)45-28/h1-6,8,13,18,23,25,27,30-34,36-37,39-41H,7,9H2/t13-,18?,23+,25?,27?,30+/m0/s1. The van der Waals surface area contributed by atoms with E-state index in [-0.39, 0.29) is 16.9 Å². The fourth-order valence-corrected chi connectivity index (χ4v) is 5.46. The molecule has 15 nitrogen and oxygen atoms in total. The number of phenols is 5. The monoisotopic (exact) mass is 626 g/mol. The molecular formula is C30H26O15. The third kappa shape index (κ3) is 5.06. The highest BCUT2D eigenvalue weighted by atomic mass is 16.7. The zero-order valence-corrected chi connectivity index (χ0v) is 22.9. The lowest BCUT2D eigenvalue weighted by Crippen LogP contribution is -2.60. The molecule has 3 aromatic carbocycles. The number of fused-ring (bicyclic) bond motifs is 6. The van der Waals surface area contributed by atoms with Gasteiger partial charge in [-0.15, -0.1) is 0 Å². The smallest absolute Gasteiger partial charge is 0.306 e. The number of phenolic OH excluding ortho intramolecular Hbond substituents is 5. The van der Waals surface area contributed by atoms with Gasteiger partial charge >= 0.3 is 5.97 Å². The molecule has 0 radical (unpaired) electrons. The Morgan fingerprint density at radius 1 is 0.756 bits per heavy atom. The van der Waals surface area contributed by atoms with E-state index in [0.29, 0.717) is 5.56 Å². The highest BCUT2D eigenvalue weighted by Gasteiger charge is 2.46. The third-order valence-corrected chi connectivity index (χ3v) is 7.79. The van der Waals surface area contributed by atoms with Crippen LogP contribution in [0.4, 0.5) is 0 Å². The van der Waals surface area contributed by atoms with Crippen molar-refractivity contribution >= 4 is 16.9 Å². The van der Waals surface area contributed by atoms with Crippen molar-refractivity contribution in [3.8, 4) is 51.6 Å². The predicted octanol–water partition coefficient (Wildman–Crippen LogP) is 0.959. The molecule has 0 aliphatic carbocycles. The second kappa shape index (κ2) is 11.0. The van der Waals surface area contributed by atoms with Gasteiger partial charge in [0, 0.05) is 23.1 Å². The molecule has 0 spiro atoms. The molecule has 3 heterocycles. The summed E-state index contributed by atoms with van der Waals surface area (Å²) < 4.78 is 22.3. The van der Waals surface area contributed by atoms with Crippen molar-refractivity contribution < 1.29 is 69.4 Å². The molecule has 6 bridgehead atoms. The van der Waals surface area contributed by atoms with Crippen LogP contribution in [0.5, 0.6) is 40.2 Å². The number of rotatable bonds is 1. The minimum Gasteiger partial charge on any atom is -0.508 e. The third-order valence-electron chi connectivity index (χ3n) is 7.79. The topological polar surface area (TPSA) is 257 Å². The molecule has 45 heavy (non-hydrogen) atoms. The van der Waals surface area contributed by atoms with Gasteiger partial charge in [-0.05, 0) is 29.8 Å². The molecule has 2 aliphatic heterocycles. The Labute approximate surface area is 251 Å². The lowest BCUT2D eigenvalue weighted by molar-refractivity contribution is -0.278. The molecule has 1 fully saturated rings. The Morgan fingerprint density at radius 2 is 1.47 bits per heavy atom. The van der Waals surface area contributed by atoms with Gasteiger partial charge in [0.05, 0.1) is 6.42 Å². The minimum absolute atomic E-state index is 0.128. The van der Waals surface area contributed by atoms with Crippen LogP contribution in [0.1, 0.15) is 23.5 Å². The maximum absolute atomic E-state index is 13.4. The fourth-order valence-electron chi connectivity index (χ4n) is 5.46. The summed E-state index contributed by atoms with van der Waals surface area (Å²) in [6.07, 6.45) is -9.37. The second-order valence-corrected chi connectivity index (χ2v) is 10.6. The van der Waals surface area contributed by atoms with E-state index < -0.39 is 112 Å². The first kappa shape index (κ1) is 29.8. The van der Waals surface area contributed by atoms with Crippen LogP contribution in [0.25, 0.3) is 22.3 Å². The molecule has 236 valence electrons. The normalized spacial score (nSPS) is 25.1. The molecule has 6 rings (SSSR count). The Balaban J connectivity index is 1.65. The number of hydrogen-bond donors (Lipinski definition) is 9. The van der Waals surface area contributed by atoms with Crippen LogP contribution in [0.15, 0.2) is 51.7 Å². The lowest BCUT2D eigenvalue weighted by Gasteiger charge is -2.40. The number of carbonyl (C=O) groups is 1. The zero-order chi connectivity index (χ0) is 32.3. The lowest BCUT2D eigenvalue weighted by atomic mass is 9.86. The van der Waals surface area contributed by atoms with E-state index in [4.69, 9.17) is 18.6 Å². The first-order valence-corrected chi connectivity index (χ1v) is 13.5. The first-order chi connectivity index (χ1) is 21.3. The number of ether oxygens (including phenoxy) is 3. The van der Waals surface area contributed by atoms with Crippen molar-refractivity contribution in [3.63, 3.8) is 0 Å². The number of carbonyl (C=O) groups excluding carboxylic acids is 1. The van der Waals surface area contributed by atoms with Crippen LogP contribution in [-0.4, -0.2) is 89.2 Å². The molecule has 1 saturated heterocycles. The number of cyclic esters (lactones) is 1. The number of aromatic hydroxyl groups is 6. The number of benzene rings is 3. The summed E-state index contributed by atoms with van der Waals surface area (Å²) in [5.74, 6) is -7.66. The molecule has 1 aromatic heterocycles. The second-order valence-electron chi connectivity index (χ2n) is 10.6. The van der Waals surface area contributed by atoms with Gasteiger partial charge in [-0.1, -0.05) is 12.1 Å². The molecule has 0 saturated carbocycles. The maximum Gasteiger partial charge on any atom is 0.306 e. The van der Waals surface area contributed by atoms with Crippen molar-refractivity contribution in [2.45, 2.75) is 43.0 Å². The zero-order valence-electron chi connectivity index (χ0n) is 22.9. The van der Waals surface area contributed by atoms with Crippen molar-refractivity contribution in [2.75, 3.05) is 6.61 Å². The van der Waals surface area contributed by atoms with Crippen LogP contribution in [0.3, 0.4) is 0 Å². The van der Waals surface area contributed by atoms with E-state index in [0.717, 1.165) is 18.2 Å². The summed E-state index contributed by atoms with van der Waals surface area (Å²) in [7, 11) is 0. The summed E-state index contributed by atoms with van der Waals surface area (Å²) in [4.78, 5) is 26.7. The van der Waals surface area contributed by atoms with Crippen LogP contribution < -0.4 is 10.2 Å². The van der Waals surface area contributed by atoms with Crippen LogP contribution in [-0.2, 0) is 14.3 Å². The minimum atomic E-state index is -1.91. The number of hydrogen-bond acceptors (Lipinski definition) is 15. The quantitative estimate of drug-likeness (QED) is 0.105. The van der Waals surface area contributed by atoms with Gasteiger partial charge in [-0.2, -0.15) is 0 Å². The summed E-state index contributed by atoms with van der Waals surface area (Å²) >= 11 is 0. The molecule has 2 aliphatic rings. The highest BCUT2D eigenvalue weighted by Crippen LogP contribution is 2.47. The van der Waals surface area contributed by atoms with E-state index in [1.807, 2.05) is 0 Å². The molecule has 15 heteroatoms. The summed E-state index contributed by atoms with van der Waals surface area (Å²) in [6.45, 7) is -0.668. The summed E-state index contributed by atoms with van der Waals surface area (Å²) in [5, 5.41) is 94.4. The molecular weight excluding hydrogens is 600 g/mol. The average molecular weight is 627 g/mol. The molecule has 9 N–H and O–H groups in total. The van der Waals surface area contributed by atoms with Gasteiger partial charge in [-0.3, -0.25) is 9.59 Å². The van der Waals surface area contributed by atoms with E-state index in [9.17, 15) is 55.5 Å². The van der Waals surface area contributed by atoms with Crippen molar-refractivity contribution in [1.82, 2.24) is 0 Å². The molecule has 4 aromatic rings. The Hall–Kier alpha value is -5.22. The van der Waals surface area contributed by atoms with Gasteiger partial charge in [-0.25, -0.2) is 0 Å². The Bertz CT molecular complexity index is 1860. The molecule has 3 unspecified atom stereocenters. The van der Waals surface area contributed by atoms with Gasteiger partial charge in [0.15, 0.2) is 17.3 Å². The van der Waals surface area contributed by atoms with Crippen LogP contribution in [0, 0.1) is 0 Å². The average Bonchev–Trinajstić information content (AvgIpc) is 2.99. The van der Waals surface area contributed by atoms with E-state index >= 15 is 0 Å². The number of aliphatic hydroxyl groups is 3. The van der Waals surface area contributed by atoms with Crippen LogP contribution >= 0.6 is 0 Å². The Morgan fingerprint density at radius 3 is 2.18 bits per heavy atom. The van der Waals surface area contributed by atoms with Crippen LogP contribution in [0.2, 0.25) is 0 Å². The van der Waals surface area contributed by atoms with Gasteiger partial charge in [0.1, 0.15) is 59.2 Å². The SMILES string of the molecule is O=C1C[C@@H](c2ccc(O)cc2)c2c(O)cc(O)c3c(=O)c(O)c(oc23)-c2cc(O)c(O)c(c2)O[C@@H]2OC(CO1)[C@@H](O)C(O)C2O. The van der Waals surface area contributed by atoms with E-state index in [1.165, 1.54) is 24.3 Å². The fraction of sp³-hybridized carbons (Fsp3) is 0.267. The highest BCUT2D eigenvalue weighted by molar-refractivity contribution is 5.92. The first-order valence-electron chi connectivity index (χ1n) is 13.5. The largest absolute Gasteiger partial charge is 0.508 e. The Kier molecular flexibility index (Phi) is 7.33. The van der Waals surface area contributed by atoms with Gasteiger partial charge in [0.25, 0.3) is 0 Å². The molecule has 0 amide bonds. The van der Waals surface area contributed by atoms with Crippen molar-refractivity contribution in [3.05, 3.63) is 63.8 Å². The van der Waals surface area contributed by atoms with Crippen molar-refractivity contribution in [2.24, 2.45) is 0 Å². The van der Waals surface area contributed by atoms with E-state index in [2.05, 4.69) is 0 Å². The van der Waals surface area contributed by atoms with E-state index in [1.54, 1.807) is 0 Å². The predicted molar refractivity (Wildman–Crippen MR) is 149 cm³/mol. The summed E-state index contributed by atoms with van der Waals surface area (Å²) in [5.41, 5.74) is -1.81. The number of aliphatic hydroxyl groups excluding tert-OH is 3. The summed E-state index contributed by atoms with van der Waals surface area (Å²) in [6, 6.07) is 8.14. The number of esters is 1. The van der Waals surface area contributed by atoms with Gasteiger partial charge < -0.3 is 64.6 Å². The van der Waals surface area contributed by atoms with Crippen molar-refractivity contribution in [1.29, 1.82) is 0 Å².